The maximum atomic E-state index is 12.4. The normalized spacial score (nSPS) is 21.4. The van der Waals surface area contributed by atoms with Gasteiger partial charge < -0.3 is 15.0 Å². The average molecular weight is 302 g/mol. The molecule has 0 saturated carbocycles. The van der Waals surface area contributed by atoms with E-state index in [0.29, 0.717) is 19.2 Å². The van der Waals surface area contributed by atoms with E-state index in [1.165, 1.54) is 24.8 Å². The van der Waals surface area contributed by atoms with Gasteiger partial charge in [0.05, 0.1) is 12.2 Å². The van der Waals surface area contributed by atoms with Crippen LogP contribution in [0.25, 0.3) is 0 Å². The first-order valence-corrected chi connectivity index (χ1v) is 8.45. The van der Waals surface area contributed by atoms with Crippen LogP contribution < -0.4 is 15.0 Å². The zero-order valence-corrected chi connectivity index (χ0v) is 13.6. The molecule has 2 heterocycles. The number of nitrogens with one attached hydrogen (secondary N) is 1. The van der Waals surface area contributed by atoms with Crippen LogP contribution in [-0.4, -0.2) is 31.6 Å². The Kier molecular flexibility index (Phi) is 4.67. The van der Waals surface area contributed by atoms with Gasteiger partial charge in [-0.2, -0.15) is 0 Å². The summed E-state index contributed by atoms with van der Waals surface area (Å²) >= 11 is 0. The van der Waals surface area contributed by atoms with Gasteiger partial charge in [-0.05, 0) is 43.5 Å². The van der Waals surface area contributed by atoms with Crippen LogP contribution in [-0.2, 0) is 11.2 Å². The molecule has 1 aromatic rings. The van der Waals surface area contributed by atoms with Crippen molar-refractivity contribution in [3.8, 4) is 5.75 Å². The summed E-state index contributed by atoms with van der Waals surface area (Å²) in [6.07, 6.45) is 4.86. The van der Waals surface area contributed by atoms with E-state index >= 15 is 0 Å². The lowest BCUT2D eigenvalue weighted by Gasteiger charge is -2.31. The molecule has 1 atom stereocenters. The molecule has 0 aromatic heterocycles. The molecule has 1 saturated heterocycles. The molecular weight excluding hydrogens is 276 g/mol. The van der Waals surface area contributed by atoms with Crippen molar-refractivity contribution in [2.45, 2.75) is 45.6 Å². The SMILES string of the molecule is CC(C)C(=O)N1CCOc2ccc(CC3CCCCN3)cc21. The minimum Gasteiger partial charge on any atom is -0.490 e. The molecule has 1 fully saturated rings. The van der Waals surface area contributed by atoms with Crippen molar-refractivity contribution >= 4 is 11.6 Å². The molecule has 1 N–H and O–H groups in total. The standard InChI is InChI=1S/C18H26N2O2/c1-13(2)18(21)20-9-10-22-17-7-6-14(12-16(17)20)11-15-5-3-4-8-19-15/h6-7,12-13,15,19H,3-5,8-11H2,1-2H3. The summed E-state index contributed by atoms with van der Waals surface area (Å²) in [4.78, 5) is 14.3. The van der Waals surface area contributed by atoms with E-state index in [-0.39, 0.29) is 11.8 Å². The first-order valence-electron chi connectivity index (χ1n) is 8.45. The molecule has 2 aliphatic rings. The Morgan fingerprint density at radius 3 is 3.00 bits per heavy atom. The highest BCUT2D eigenvalue weighted by atomic mass is 16.5. The monoisotopic (exact) mass is 302 g/mol. The topological polar surface area (TPSA) is 41.6 Å². The lowest BCUT2D eigenvalue weighted by Crippen LogP contribution is -2.40. The van der Waals surface area contributed by atoms with Gasteiger partial charge in [-0.1, -0.05) is 26.3 Å². The fraction of sp³-hybridized carbons (Fsp3) is 0.611. The number of piperidine rings is 1. The summed E-state index contributed by atoms with van der Waals surface area (Å²) in [5, 5.41) is 3.59. The summed E-state index contributed by atoms with van der Waals surface area (Å²) < 4.78 is 5.72. The highest BCUT2D eigenvalue weighted by Crippen LogP contribution is 2.34. The van der Waals surface area contributed by atoms with Gasteiger partial charge in [0.15, 0.2) is 0 Å². The molecule has 120 valence electrons. The van der Waals surface area contributed by atoms with E-state index < -0.39 is 0 Å². The van der Waals surface area contributed by atoms with Crippen LogP contribution in [0.3, 0.4) is 0 Å². The zero-order valence-electron chi connectivity index (χ0n) is 13.6. The number of amides is 1. The van der Waals surface area contributed by atoms with Gasteiger partial charge in [-0.3, -0.25) is 4.79 Å². The molecule has 0 bridgehead atoms. The van der Waals surface area contributed by atoms with Crippen LogP contribution in [0.15, 0.2) is 18.2 Å². The number of ether oxygens (including phenoxy) is 1. The van der Waals surface area contributed by atoms with E-state index in [1.807, 2.05) is 24.8 Å². The molecule has 1 unspecified atom stereocenters. The lowest BCUT2D eigenvalue weighted by atomic mass is 9.97. The Balaban J connectivity index is 1.80. The second-order valence-electron chi connectivity index (χ2n) is 6.65. The van der Waals surface area contributed by atoms with Crippen molar-refractivity contribution in [2.24, 2.45) is 5.92 Å². The molecule has 1 amide bonds. The van der Waals surface area contributed by atoms with Crippen LogP contribution in [0.2, 0.25) is 0 Å². The first-order chi connectivity index (χ1) is 10.6. The van der Waals surface area contributed by atoms with Gasteiger partial charge >= 0.3 is 0 Å². The van der Waals surface area contributed by atoms with Crippen LogP contribution >= 0.6 is 0 Å². The molecule has 0 radical (unpaired) electrons. The van der Waals surface area contributed by atoms with Crippen molar-refractivity contribution in [3.05, 3.63) is 23.8 Å². The second-order valence-corrected chi connectivity index (χ2v) is 6.65. The summed E-state index contributed by atoms with van der Waals surface area (Å²) in [5.74, 6) is 1.02. The third-order valence-electron chi connectivity index (χ3n) is 4.54. The number of rotatable bonds is 3. The molecule has 1 aromatic carbocycles. The van der Waals surface area contributed by atoms with Gasteiger partial charge in [0.1, 0.15) is 12.4 Å². The molecule has 0 aliphatic carbocycles. The minimum atomic E-state index is 0.00890. The van der Waals surface area contributed by atoms with Gasteiger partial charge in [-0.15, -0.1) is 0 Å². The molecular formula is C18H26N2O2. The van der Waals surface area contributed by atoms with Crippen LogP contribution in [0.4, 0.5) is 5.69 Å². The van der Waals surface area contributed by atoms with Crippen molar-refractivity contribution < 1.29 is 9.53 Å². The average Bonchev–Trinajstić information content (AvgIpc) is 2.54. The molecule has 4 nitrogen and oxygen atoms in total. The summed E-state index contributed by atoms with van der Waals surface area (Å²) in [7, 11) is 0. The smallest absolute Gasteiger partial charge is 0.229 e. The highest BCUT2D eigenvalue weighted by molar-refractivity contribution is 5.96. The molecule has 0 spiro atoms. The Morgan fingerprint density at radius 2 is 2.27 bits per heavy atom. The molecule has 3 rings (SSSR count). The van der Waals surface area contributed by atoms with Crippen molar-refractivity contribution in [3.63, 3.8) is 0 Å². The maximum Gasteiger partial charge on any atom is 0.229 e. The van der Waals surface area contributed by atoms with Crippen molar-refractivity contribution in [1.82, 2.24) is 5.32 Å². The van der Waals surface area contributed by atoms with Gasteiger partial charge in [-0.25, -0.2) is 0 Å². The maximum absolute atomic E-state index is 12.4. The number of benzene rings is 1. The third kappa shape index (κ3) is 3.27. The Morgan fingerprint density at radius 1 is 1.41 bits per heavy atom. The lowest BCUT2D eigenvalue weighted by molar-refractivity contribution is -0.121. The highest BCUT2D eigenvalue weighted by Gasteiger charge is 2.26. The zero-order chi connectivity index (χ0) is 15.5. The molecule has 2 aliphatic heterocycles. The number of nitrogens with zero attached hydrogens (tertiary/aromatic N) is 1. The number of hydrogen-bond donors (Lipinski definition) is 1. The largest absolute Gasteiger partial charge is 0.490 e. The van der Waals surface area contributed by atoms with Crippen LogP contribution in [0.1, 0.15) is 38.7 Å². The quantitative estimate of drug-likeness (QED) is 0.933. The number of anilines is 1. The van der Waals surface area contributed by atoms with E-state index in [9.17, 15) is 4.79 Å². The summed E-state index contributed by atoms with van der Waals surface area (Å²) in [6.45, 7) is 6.25. The number of fused-ring (bicyclic) bond motifs is 1. The first kappa shape index (κ1) is 15.3. The Labute approximate surface area is 132 Å². The van der Waals surface area contributed by atoms with Crippen molar-refractivity contribution in [2.75, 3.05) is 24.6 Å². The fourth-order valence-corrected chi connectivity index (χ4v) is 3.31. The minimum absolute atomic E-state index is 0.00890. The molecule has 4 heteroatoms. The second kappa shape index (κ2) is 6.69. The Hall–Kier alpha value is -1.55. The Bertz CT molecular complexity index is 536. The van der Waals surface area contributed by atoms with Crippen LogP contribution in [0, 0.1) is 5.92 Å². The van der Waals surface area contributed by atoms with Gasteiger partial charge in [0.25, 0.3) is 0 Å². The number of carbonyl (C=O) groups excluding carboxylic acids is 1. The van der Waals surface area contributed by atoms with E-state index in [1.54, 1.807) is 0 Å². The summed E-state index contributed by atoms with van der Waals surface area (Å²) in [6, 6.07) is 6.86. The number of hydrogen-bond acceptors (Lipinski definition) is 3. The van der Waals surface area contributed by atoms with Gasteiger partial charge in [0.2, 0.25) is 5.91 Å². The van der Waals surface area contributed by atoms with E-state index in [4.69, 9.17) is 4.74 Å². The predicted octanol–water partition coefficient (Wildman–Crippen LogP) is 2.75. The van der Waals surface area contributed by atoms with E-state index in [0.717, 1.165) is 24.4 Å². The van der Waals surface area contributed by atoms with E-state index in [2.05, 4.69) is 17.4 Å². The summed E-state index contributed by atoms with van der Waals surface area (Å²) in [5.41, 5.74) is 2.23. The van der Waals surface area contributed by atoms with Crippen LogP contribution in [0.5, 0.6) is 5.75 Å². The van der Waals surface area contributed by atoms with Crippen molar-refractivity contribution in [1.29, 1.82) is 0 Å². The van der Waals surface area contributed by atoms with Gasteiger partial charge in [0, 0.05) is 12.0 Å². The molecule has 22 heavy (non-hydrogen) atoms. The third-order valence-corrected chi connectivity index (χ3v) is 4.54. The fourth-order valence-electron chi connectivity index (χ4n) is 3.31. The number of carbonyl (C=O) groups is 1. The predicted molar refractivity (Wildman–Crippen MR) is 88.5 cm³/mol.